The Labute approximate surface area is 103 Å². The molecule has 0 saturated carbocycles. The Morgan fingerprint density at radius 1 is 1.71 bits per heavy atom. The van der Waals surface area contributed by atoms with Crippen LogP contribution in [0.4, 0.5) is 5.13 Å². The highest BCUT2D eigenvalue weighted by Gasteiger charge is 2.26. The third-order valence-electron chi connectivity index (χ3n) is 2.52. The van der Waals surface area contributed by atoms with Crippen LogP contribution in [0.1, 0.15) is 18.5 Å². The molecule has 1 aliphatic heterocycles. The number of nitrogens with zero attached hydrogens (tertiary/aromatic N) is 1. The van der Waals surface area contributed by atoms with Gasteiger partial charge >= 0.3 is 0 Å². The third kappa shape index (κ3) is 2.94. The summed E-state index contributed by atoms with van der Waals surface area (Å²) in [5.41, 5.74) is 0.817. The van der Waals surface area contributed by atoms with E-state index in [-0.39, 0.29) is 17.9 Å². The quantitative estimate of drug-likeness (QED) is 0.710. The second-order valence-electron chi connectivity index (χ2n) is 3.77. The highest BCUT2D eigenvalue weighted by molar-refractivity contribution is 7.13. The molecule has 1 fully saturated rings. The molecule has 6 nitrogen and oxygen atoms in total. The van der Waals surface area contributed by atoms with Crippen molar-refractivity contribution in [2.45, 2.75) is 25.4 Å². The van der Waals surface area contributed by atoms with Gasteiger partial charge in [-0.05, 0) is 6.42 Å². The predicted octanol–water partition coefficient (Wildman–Crippen LogP) is 0.0796. The zero-order valence-corrected chi connectivity index (χ0v) is 10.3. The van der Waals surface area contributed by atoms with Crippen molar-refractivity contribution in [3.05, 3.63) is 11.1 Å². The van der Waals surface area contributed by atoms with Crippen molar-refractivity contribution in [2.75, 3.05) is 12.4 Å². The van der Waals surface area contributed by atoms with E-state index in [9.17, 15) is 9.59 Å². The highest BCUT2D eigenvalue weighted by Crippen LogP contribution is 2.14. The first-order valence-corrected chi connectivity index (χ1v) is 6.26. The topological polar surface area (TPSA) is 83.1 Å². The fourth-order valence-corrected chi connectivity index (χ4v) is 2.29. The number of rotatable bonds is 4. The summed E-state index contributed by atoms with van der Waals surface area (Å²) in [7, 11) is 1.80. The van der Waals surface area contributed by atoms with Gasteiger partial charge in [-0.2, -0.15) is 0 Å². The average Bonchev–Trinajstić information content (AvgIpc) is 2.94. The minimum absolute atomic E-state index is 0.0590. The Hall–Kier alpha value is -1.63. The fraction of sp³-hybridized carbons (Fsp3) is 0.500. The molecule has 0 bridgehead atoms. The molecule has 1 aromatic heterocycles. The van der Waals surface area contributed by atoms with Crippen LogP contribution in [0.25, 0.3) is 0 Å². The van der Waals surface area contributed by atoms with Crippen LogP contribution >= 0.6 is 11.3 Å². The number of carbonyl (C=O) groups excluding carboxylic acids is 2. The zero-order valence-electron chi connectivity index (χ0n) is 9.45. The Bertz CT molecular complexity index is 432. The lowest BCUT2D eigenvalue weighted by Gasteiger charge is -2.09. The van der Waals surface area contributed by atoms with E-state index in [1.54, 1.807) is 7.05 Å². The van der Waals surface area contributed by atoms with Gasteiger partial charge in [0.1, 0.15) is 6.04 Å². The first-order valence-electron chi connectivity index (χ1n) is 5.38. The largest absolute Gasteiger partial charge is 0.365 e. The van der Waals surface area contributed by atoms with E-state index >= 15 is 0 Å². The second kappa shape index (κ2) is 5.13. The van der Waals surface area contributed by atoms with Crippen LogP contribution in [0.5, 0.6) is 0 Å². The van der Waals surface area contributed by atoms with Crippen molar-refractivity contribution in [3.8, 4) is 0 Å². The van der Waals surface area contributed by atoms with Crippen LogP contribution in [0.2, 0.25) is 0 Å². The Morgan fingerprint density at radius 3 is 3.12 bits per heavy atom. The van der Waals surface area contributed by atoms with Gasteiger partial charge in [-0.15, -0.1) is 11.3 Å². The summed E-state index contributed by atoms with van der Waals surface area (Å²) in [6.07, 6.45) is 1.00. The van der Waals surface area contributed by atoms with Gasteiger partial charge < -0.3 is 16.0 Å². The monoisotopic (exact) mass is 254 g/mol. The molecule has 0 spiro atoms. The van der Waals surface area contributed by atoms with E-state index in [0.29, 0.717) is 19.4 Å². The summed E-state index contributed by atoms with van der Waals surface area (Å²) in [6.45, 7) is 0.392. The summed E-state index contributed by atoms with van der Waals surface area (Å²) >= 11 is 1.49. The number of carbonyl (C=O) groups is 2. The predicted molar refractivity (Wildman–Crippen MR) is 64.7 cm³/mol. The lowest BCUT2D eigenvalue weighted by atomic mass is 10.2. The molecule has 2 heterocycles. The fourth-order valence-electron chi connectivity index (χ4n) is 1.61. The van der Waals surface area contributed by atoms with Gasteiger partial charge in [0.25, 0.3) is 0 Å². The van der Waals surface area contributed by atoms with Crippen LogP contribution < -0.4 is 16.0 Å². The molecule has 1 aliphatic rings. The number of hydrogen-bond donors (Lipinski definition) is 3. The molecule has 1 saturated heterocycles. The summed E-state index contributed by atoms with van der Waals surface area (Å²) in [6, 6.07) is -0.384. The Balaban J connectivity index is 1.81. The maximum absolute atomic E-state index is 11.7. The van der Waals surface area contributed by atoms with E-state index in [0.717, 1.165) is 10.8 Å². The van der Waals surface area contributed by atoms with Crippen LogP contribution in [0.3, 0.4) is 0 Å². The minimum atomic E-state index is -0.384. The molecule has 92 valence electrons. The Kier molecular flexibility index (Phi) is 3.58. The molecule has 17 heavy (non-hydrogen) atoms. The van der Waals surface area contributed by atoms with Gasteiger partial charge in [0.15, 0.2) is 5.13 Å². The Morgan fingerprint density at radius 2 is 2.53 bits per heavy atom. The van der Waals surface area contributed by atoms with Crippen LogP contribution in [0.15, 0.2) is 5.38 Å². The molecule has 1 unspecified atom stereocenters. The lowest BCUT2D eigenvalue weighted by molar-refractivity contribution is -0.125. The summed E-state index contributed by atoms with van der Waals surface area (Å²) in [5, 5.41) is 11.0. The molecule has 0 aliphatic carbocycles. The van der Waals surface area contributed by atoms with E-state index < -0.39 is 0 Å². The SMILES string of the molecule is CNc1nc(CNC(=O)C2CCC(=O)N2)cs1. The van der Waals surface area contributed by atoms with Gasteiger partial charge in [-0.3, -0.25) is 9.59 Å². The van der Waals surface area contributed by atoms with Gasteiger partial charge in [0.2, 0.25) is 11.8 Å². The number of thiazole rings is 1. The van der Waals surface area contributed by atoms with Crippen molar-refractivity contribution >= 4 is 28.3 Å². The third-order valence-corrected chi connectivity index (χ3v) is 3.43. The highest BCUT2D eigenvalue weighted by atomic mass is 32.1. The number of nitrogens with one attached hydrogen (secondary N) is 3. The van der Waals surface area contributed by atoms with Crippen LogP contribution in [0, 0.1) is 0 Å². The number of anilines is 1. The lowest BCUT2D eigenvalue weighted by Crippen LogP contribution is -2.41. The van der Waals surface area contributed by atoms with E-state index in [1.165, 1.54) is 11.3 Å². The molecule has 3 N–H and O–H groups in total. The average molecular weight is 254 g/mol. The molecular weight excluding hydrogens is 240 g/mol. The van der Waals surface area contributed by atoms with Gasteiger partial charge in [-0.1, -0.05) is 0 Å². The molecule has 2 rings (SSSR count). The molecular formula is C10H14N4O2S. The smallest absolute Gasteiger partial charge is 0.242 e. The molecule has 1 aromatic rings. The van der Waals surface area contributed by atoms with E-state index in [1.807, 2.05) is 5.38 Å². The normalized spacial score (nSPS) is 18.9. The van der Waals surface area contributed by atoms with E-state index in [2.05, 4.69) is 20.9 Å². The van der Waals surface area contributed by atoms with Gasteiger partial charge in [0.05, 0.1) is 12.2 Å². The van der Waals surface area contributed by atoms with Crippen molar-refractivity contribution in [1.82, 2.24) is 15.6 Å². The van der Waals surface area contributed by atoms with Crippen molar-refractivity contribution in [1.29, 1.82) is 0 Å². The number of amides is 2. The molecule has 0 aromatic carbocycles. The molecule has 0 radical (unpaired) electrons. The number of hydrogen-bond acceptors (Lipinski definition) is 5. The van der Waals surface area contributed by atoms with Crippen LogP contribution in [-0.2, 0) is 16.1 Å². The second-order valence-corrected chi connectivity index (χ2v) is 4.63. The summed E-state index contributed by atoms with van der Waals surface area (Å²) in [4.78, 5) is 26.9. The molecule has 1 atom stereocenters. The van der Waals surface area contributed by atoms with Gasteiger partial charge in [-0.25, -0.2) is 4.98 Å². The van der Waals surface area contributed by atoms with Crippen molar-refractivity contribution < 1.29 is 9.59 Å². The van der Waals surface area contributed by atoms with E-state index in [4.69, 9.17) is 0 Å². The van der Waals surface area contributed by atoms with Crippen LogP contribution in [-0.4, -0.2) is 29.9 Å². The zero-order chi connectivity index (χ0) is 12.3. The van der Waals surface area contributed by atoms with Gasteiger partial charge in [0, 0.05) is 18.8 Å². The molecule has 7 heteroatoms. The maximum atomic E-state index is 11.7. The van der Waals surface area contributed by atoms with Crippen molar-refractivity contribution in [3.63, 3.8) is 0 Å². The number of aromatic nitrogens is 1. The first-order chi connectivity index (χ1) is 8.19. The summed E-state index contributed by atoms with van der Waals surface area (Å²) in [5.74, 6) is -0.203. The summed E-state index contributed by atoms with van der Waals surface area (Å²) < 4.78 is 0. The first kappa shape index (κ1) is 11.8. The maximum Gasteiger partial charge on any atom is 0.242 e. The molecule has 2 amide bonds. The van der Waals surface area contributed by atoms with Crippen molar-refractivity contribution in [2.24, 2.45) is 0 Å². The standard InChI is InChI=1S/C10H14N4O2S/c1-11-10-13-6(5-17-10)4-12-9(16)7-2-3-8(15)14-7/h5,7H,2-4H2,1H3,(H,11,13)(H,12,16)(H,14,15). The minimum Gasteiger partial charge on any atom is -0.365 e.